The van der Waals surface area contributed by atoms with Crippen LogP contribution in [0.3, 0.4) is 0 Å². The van der Waals surface area contributed by atoms with Crippen molar-refractivity contribution in [2.24, 2.45) is 0 Å². The van der Waals surface area contributed by atoms with Crippen LogP contribution in [0, 0.1) is 6.92 Å². The van der Waals surface area contributed by atoms with Crippen LogP contribution in [0.2, 0.25) is 0 Å². The van der Waals surface area contributed by atoms with Crippen molar-refractivity contribution in [2.45, 2.75) is 44.7 Å². The summed E-state index contributed by atoms with van der Waals surface area (Å²) in [6, 6.07) is 19.6. The molecule has 0 bridgehead atoms. The number of nitrogen functional groups attached to an aromatic ring is 1. The van der Waals surface area contributed by atoms with Crippen molar-refractivity contribution >= 4 is 39.0 Å². The monoisotopic (exact) mass is 579 g/mol. The van der Waals surface area contributed by atoms with Crippen LogP contribution in [0.15, 0.2) is 60.9 Å². The van der Waals surface area contributed by atoms with E-state index in [1.54, 1.807) is 17.7 Å². The minimum absolute atomic E-state index is 0.312. The Bertz CT molecular complexity index is 1660. The Kier molecular flexibility index (Phi) is 7.35. The Morgan fingerprint density at radius 1 is 0.833 bits per heavy atom. The van der Waals surface area contributed by atoms with Gasteiger partial charge in [0.15, 0.2) is 10.8 Å². The minimum atomic E-state index is 0.312. The van der Waals surface area contributed by atoms with Gasteiger partial charge < -0.3 is 16.0 Å². The molecule has 7 rings (SSSR count). The maximum absolute atomic E-state index is 6.43. The van der Waals surface area contributed by atoms with E-state index in [1.807, 2.05) is 18.2 Å². The van der Waals surface area contributed by atoms with Crippen molar-refractivity contribution in [1.29, 1.82) is 0 Å². The van der Waals surface area contributed by atoms with E-state index in [9.17, 15) is 0 Å². The van der Waals surface area contributed by atoms with Crippen molar-refractivity contribution in [2.75, 3.05) is 44.3 Å². The van der Waals surface area contributed by atoms with Gasteiger partial charge in [-0.3, -0.25) is 4.90 Å². The summed E-state index contributed by atoms with van der Waals surface area (Å²) in [5.41, 5.74) is 12.2. The van der Waals surface area contributed by atoms with E-state index in [-0.39, 0.29) is 0 Å². The van der Waals surface area contributed by atoms with Gasteiger partial charge in [0, 0.05) is 53.9 Å². The van der Waals surface area contributed by atoms with Crippen LogP contribution in [-0.4, -0.2) is 73.8 Å². The molecule has 216 valence electrons. The molecular formula is C32H37N9S. The molecule has 0 radical (unpaired) electrons. The van der Waals surface area contributed by atoms with Gasteiger partial charge in [0.2, 0.25) is 0 Å². The molecule has 42 heavy (non-hydrogen) atoms. The number of aromatic nitrogens is 5. The third-order valence-electron chi connectivity index (χ3n) is 8.84. The predicted molar refractivity (Wildman–Crippen MR) is 171 cm³/mol. The summed E-state index contributed by atoms with van der Waals surface area (Å²) in [4.78, 5) is 20.1. The first-order valence-corrected chi connectivity index (χ1v) is 15.7. The van der Waals surface area contributed by atoms with E-state index in [1.165, 1.54) is 30.8 Å². The van der Waals surface area contributed by atoms with Gasteiger partial charge in [0.05, 0.1) is 17.1 Å². The number of nitrogens with one attached hydrogen (secondary N) is 1. The highest BCUT2D eigenvalue weighted by Crippen LogP contribution is 2.38. The van der Waals surface area contributed by atoms with Gasteiger partial charge >= 0.3 is 0 Å². The predicted octanol–water partition coefficient (Wildman–Crippen LogP) is 5.98. The second-order valence-corrected chi connectivity index (χ2v) is 12.7. The lowest BCUT2D eigenvalue weighted by Gasteiger charge is -2.41. The number of hydrogen-bond acceptors (Lipinski definition) is 9. The Labute approximate surface area is 250 Å². The largest absolute Gasteiger partial charge is 0.383 e. The fourth-order valence-electron chi connectivity index (χ4n) is 6.46. The van der Waals surface area contributed by atoms with E-state index in [0.717, 1.165) is 70.3 Å². The Hall–Kier alpha value is -3.86. The number of likely N-dealkylation sites (N-methyl/N-ethyl adjacent to an activating group) is 1. The Morgan fingerprint density at radius 2 is 1.52 bits per heavy atom. The van der Waals surface area contributed by atoms with Crippen LogP contribution >= 0.6 is 11.3 Å². The van der Waals surface area contributed by atoms with Crippen LogP contribution in [0.25, 0.3) is 33.5 Å². The zero-order chi connectivity index (χ0) is 28.6. The van der Waals surface area contributed by atoms with Gasteiger partial charge in [0.25, 0.3) is 0 Å². The van der Waals surface area contributed by atoms with Crippen LogP contribution in [0.4, 0.5) is 16.6 Å². The molecule has 0 atom stereocenters. The first-order valence-electron chi connectivity index (χ1n) is 14.8. The zero-order valence-corrected chi connectivity index (χ0v) is 25.0. The third kappa shape index (κ3) is 5.26. The topological polar surface area (TPSA) is 101 Å². The number of anilines is 3. The number of aryl methyl sites for hydroxylation is 1. The molecule has 0 spiro atoms. The maximum atomic E-state index is 6.43. The van der Waals surface area contributed by atoms with Crippen LogP contribution in [0.1, 0.15) is 36.6 Å². The van der Waals surface area contributed by atoms with Gasteiger partial charge in [-0.1, -0.05) is 42.5 Å². The van der Waals surface area contributed by atoms with Crippen molar-refractivity contribution in [3.8, 4) is 22.5 Å². The van der Waals surface area contributed by atoms with Gasteiger partial charge in [-0.2, -0.15) is 5.10 Å². The number of nitrogens with zero attached hydrogens (tertiary/aromatic N) is 7. The van der Waals surface area contributed by atoms with Crippen molar-refractivity contribution in [1.82, 2.24) is 34.5 Å². The molecule has 5 aromatic rings. The highest BCUT2D eigenvalue weighted by molar-refractivity contribution is 7.16. The van der Waals surface area contributed by atoms with Gasteiger partial charge in [-0.15, -0.1) is 11.3 Å². The highest BCUT2D eigenvalue weighted by atomic mass is 32.1. The number of piperazine rings is 1. The molecule has 1 saturated carbocycles. The van der Waals surface area contributed by atoms with Gasteiger partial charge in [-0.05, 0) is 51.8 Å². The van der Waals surface area contributed by atoms with E-state index in [2.05, 4.69) is 80.1 Å². The fourth-order valence-corrected chi connectivity index (χ4v) is 7.31. The molecule has 2 fully saturated rings. The number of benzene rings is 2. The fraction of sp³-hybridized carbons (Fsp3) is 0.375. The molecule has 1 saturated heterocycles. The molecule has 3 aromatic heterocycles. The van der Waals surface area contributed by atoms with Crippen LogP contribution in [0.5, 0.6) is 0 Å². The molecular weight excluding hydrogens is 542 g/mol. The molecule has 2 aliphatic rings. The second-order valence-electron chi connectivity index (χ2n) is 11.5. The first-order chi connectivity index (χ1) is 20.5. The van der Waals surface area contributed by atoms with E-state index in [0.29, 0.717) is 17.9 Å². The standard InChI is InChI=1S/C32H37N9S/c1-21-28(22-6-4-3-5-7-22)37-32(42-21)36-24-10-8-23(9-11-24)29-27-30(33)34-20-35-31(27)41(38-29)26-14-12-25(13-15-26)40-18-16-39(2)17-19-40/h3-11,20,25-26H,12-19H2,1-2H3,(H,36,37)(H2,33,34,35). The smallest absolute Gasteiger partial charge is 0.187 e. The molecule has 0 amide bonds. The molecule has 3 N–H and O–H groups in total. The highest BCUT2D eigenvalue weighted by Gasteiger charge is 2.30. The summed E-state index contributed by atoms with van der Waals surface area (Å²) in [6.45, 7) is 6.78. The summed E-state index contributed by atoms with van der Waals surface area (Å²) in [7, 11) is 2.22. The summed E-state index contributed by atoms with van der Waals surface area (Å²) in [5, 5.41) is 10.3. The van der Waals surface area contributed by atoms with Crippen molar-refractivity contribution in [3.63, 3.8) is 0 Å². The zero-order valence-electron chi connectivity index (χ0n) is 24.2. The van der Waals surface area contributed by atoms with Crippen LogP contribution < -0.4 is 11.1 Å². The maximum Gasteiger partial charge on any atom is 0.187 e. The lowest BCUT2D eigenvalue weighted by molar-refractivity contribution is 0.0815. The summed E-state index contributed by atoms with van der Waals surface area (Å²) in [5.74, 6) is 0.473. The molecule has 1 aliphatic carbocycles. The van der Waals surface area contributed by atoms with Gasteiger partial charge in [-0.25, -0.2) is 19.6 Å². The quantitative estimate of drug-likeness (QED) is 0.253. The van der Waals surface area contributed by atoms with E-state index >= 15 is 0 Å². The summed E-state index contributed by atoms with van der Waals surface area (Å²) < 4.78 is 2.12. The first kappa shape index (κ1) is 27.0. The normalized spacial score (nSPS) is 20.2. The van der Waals surface area contributed by atoms with Gasteiger partial charge in [0.1, 0.15) is 17.8 Å². The third-order valence-corrected chi connectivity index (χ3v) is 9.72. The minimum Gasteiger partial charge on any atom is -0.383 e. The molecule has 1 aliphatic heterocycles. The molecule has 2 aromatic carbocycles. The van der Waals surface area contributed by atoms with Crippen molar-refractivity contribution < 1.29 is 0 Å². The van der Waals surface area contributed by atoms with Crippen LogP contribution in [-0.2, 0) is 0 Å². The average molecular weight is 580 g/mol. The number of thiazole rings is 1. The lowest BCUT2D eigenvalue weighted by Crippen LogP contribution is -2.49. The molecule has 0 unspecified atom stereocenters. The number of rotatable bonds is 6. The molecule has 9 nitrogen and oxygen atoms in total. The van der Waals surface area contributed by atoms with E-state index in [4.69, 9.17) is 15.8 Å². The Balaban J connectivity index is 1.10. The number of nitrogens with two attached hydrogens (primary N) is 1. The average Bonchev–Trinajstić information content (AvgIpc) is 3.60. The summed E-state index contributed by atoms with van der Waals surface area (Å²) in [6.07, 6.45) is 6.13. The van der Waals surface area contributed by atoms with Crippen molar-refractivity contribution in [3.05, 3.63) is 65.8 Å². The summed E-state index contributed by atoms with van der Waals surface area (Å²) >= 11 is 1.66. The molecule has 10 heteroatoms. The number of fused-ring (bicyclic) bond motifs is 1. The van der Waals surface area contributed by atoms with E-state index < -0.39 is 0 Å². The lowest BCUT2D eigenvalue weighted by atomic mass is 9.90. The number of hydrogen-bond donors (Lipinski definition) is 2. The Morgan fingerprint density at radius 3 is 2.26 bits per heavy atom. The molecule has 4 heterocycles. The second kappa shape index (κ2) is 11.4. The SMILES string of the molecule is Cc1sc(Nc2ccc(-c3nn(C4CCC(N5CCN(C)CC5)CC4)c4ncnc(N)c34)cc2)nc1-c1ccccc1.